The highest BCUT2D eigenvalue weighted by atomic mass is 16.8. The number of hydrogen-bond donors (Lipinski definition) is 1. The van der Waals surface area contributed by atoms with Gasteiger partial charge in [-0.1, -0.05) is 12.1 Å². The molecule has 0 saturated heterocycles. The Kier molecular flexibility index (Phi) is 1.74. The standard InChI is InChI=1S/C8H6N2O4/c9-8(12)14-10-6-4-2-1-3-5(6)7(11)13-10/h1-4H,(H2,9,12). The molecule has 0 bridgehead atoms. The largest absolute Gasteiger partial charge is 0.431 e. The van der Waals surface area contributed by atoms with E-state index in [2.05, 4.69) is 9.36 Å². The molecular formula is C8H6N2O4. The van der Waals surface area contributed by atoms with Gasteiger partial charge in [-0.2, -0.15) is 0 Å². The van der Waals surface area contributed by atoms with Crippen LogP contribution in [0.25, 0.3) is 10.9 Å². The van der Waals surface area contributed by atoms with Crippen molar-refractivity contribution in [2.45, 2.75) is 0 Å². The Morgan fingerprint density at radius 2 is 2.14 bits per heavy atom. The van der Waals surface area contributed by atoms with Crippen molar-refractivity contribution in [1.82, 2.24) is 4.90 Å². The maximum absolute atomic E-state index is 11.2. The highest BCUT2D eigenvalue weighted by Gasteiger charge is 2.10. The van der Waals surface area contributed by atoms with Crippen LogP contribution in [0.5, 0.6) is 0 Å². The fourth-order valence-electron chi connectivity index (χ4n) is 1.13. The monoisotopic (exact) mass is 194 g/mol. The van der Waals surface area contributed by atoms with Crippen LogP contribution < -0.4 is 16.2 Å². The number of benzene rings is 1. The van der Waals surface area contributed by atoms with Crippen molar-refractivity contribution >= 4 is 17.0 Å². The van der Waals surface area contributed by atoms with Crippen molar-refractivity contribution < 1.29 is 14.2 Å². The lowest BCUT2D eigenvalue weighted by atomic mass is 10.3. The molecule has 1 aromatic heterocycles. The molecule has 6 heteroatoms. The molecule has 0 radical (unpaired) electrons. The summed E-state index contributed by atoms with van der Waals surface area (Å²) in [6, 6.07) is 6.48. The summed E-state index contributed by atoms with van der Waals surface area (Å²) in [5, 5.41) is 0.328. The van der Waals surface area contributed by atoms with Crippen LogP contribution in [0.1, 0.15) is 0 Å². The summed E-state index contributed by atoms with van der Waals surface area (Å²) in [6.45, 7) is 0. The lowest BCUT2D eigenvalue weighted by Crippen LogP contribution is -2.24. The van der Waals surface area contributed by atoms with E-state index in [1.807, 2.05) is 0 Å². The first-order valence-electron chi connectivity index (χ1n) is 3.77. The maximum Gasteiger partial charge on any atom is 0.431 e. The predicted octanol–water partition coefficient (Wildman–Crippen LogP) is 0.102. The average Bonchev–Trinajstić information content (AvgIpc) is 2.44. The Hall–Kier alpha value is -2.24. The van der Waals surface area contributed by atoms with Crippen molar-refractivity contribution in [2.75, 3.05) is 0 Å². The molecule has 1 heterocycles. The molecule has 0 aliphatic carbocycles. The van der Waals surface area contributed by atoms with Crippen LogP contribution in [0.3, 0.4) is 0 Å². The van der Waals surface area contributed by atoms with Crippen LogP contribution >= 0.6 is 0 Å². The summed E-state index contributed by atoms with van der Waals surface area (Å²) < 4.78 is 4.61. The van der Waals surface area contributed by atoms with E-state index >= 15 is 0 Å². The van der Waals surface area contributed by atoms with Gasteiger partial charge in [-0.05, 0) is 17.0 Å². The quantitative estimate of drug-likeness (QED) is 0.697. The topological polar surface area (TPSA) is 87.5 Å². The third-order valence-corrected chi connectivity index (χ3v) is 1.66. The Morgan fingerprint density at radius 3 is 2.86 bits per heavy atom. The molecule has 0 unspecified atom stereocenters. The highest BCUT2D eigenvalue weighted by Crippen LogP contribution is 2.08. The first kappa shape index (κ1) is 8.36. The fourth-order valence-corrected chi connectivity index (χ4v) is 1.13. The van der Waals surface area contributed by atoms with Crippen molar-refractivity contribution in [1.29, 1.82) is 0 Å². The third kappa shape index (κ3) is 1.22. The van der Waals surface area contributed by atoms with Gasteiger partial charge in [0.2, 0.25) is 0 Å². The van der Waals surface area contributed by atoms with E-state index in [4.69, 9.17) is 5.73 Å². The zero-order valence-electron chi connectivity index (χ0n) is 6.97. The van der Waals surface area contributed by atoms with Gasteiger partial charge in [-0.25, -0.2) is 9.59 Å². The molecule has 0 aliphatic rings. The predicted molar refractivity (Wildman–Crippen MR) is 46.6 cm³/mol. The van der Waals surface area contributed by atoms with Crippen LogP contribution in [0.2, 0.25) is 0 Å². The number of carbonyl (C=O) groups excluding carboxylic acids is 1. The van der Waals surface area contributed by atoms with Gasteiger partial charge in [0.05, 0.1) is 5.39 Å². The number of aromatic nitrogens is 1. The Balaban J connectivity index is 2.66. The van der Waals surface area contributed by atoms with Gasteiger partial charge in [0, 0.05) is 0 Å². The van der Waals surface area contributed by atoms with Crippen LogP contribution in [0, 0.1) is 0 Å². The third-order valence-electron chi connectivity index (χ3n) is 1.66. The Labute approximate surface area is 77.4 Å². The molecule has 0 spiro atoms. The van der Waals surface area contributed by atoms with Crippen molar-refractivity contribution in [3.05, 3.63) is 34.7 Å². The fraction of sp³-hybridized carbons (Fsp3) is 0. The van der Waals surface area contributed by atoms with Gasteiger partial charge in [0.15, 0.2) is 0 Å². The first-order chi connectivity index (χ1) is 6.68. The van der Waals surface area contributed by atoms with Crippen LogP contribution in [-0.4, -0.2) is 11.0 Å². The SMILES string of the molecule is NC(=O)On1oc(=O)c2ccccc21. The lowest BCUT2D eigenvalue weighted by Gasteiger charge is -1.97. The first-order valence-corrected chi connectivity index (χ1v) is 3.77. The summed E-state index contributed by atoms with van der Waals surface area (Å²) in [5.74, 6) is 0. The molecule has 2 rings (SSSR count). The molecule has 2 N–H and O–H groups in total. The van der Waals surface area contributed by atoms with Gasteiger partial charge in [-0.3, -0.25) is 4.84 Å². The van der Waals surface area contributed by atoms with E-state index in [0.29, 0.717) is 15.8 Å². The number of nitrogens with two attached hydrogens (primary N) is 1. The number of nitrogens with zero attached hydrogens (tertiary/aromatic N) is 1. The van der Waals surface area contributed by atoms with Gasteiger partial charge in [-0.15, -0.1) is 0 Å². The zero-order valence-corrected chi connectivity index (χ0v) is 6.97. The lowest BCUT2D eigenvalue weighted by molar-refractivity contribution is 0.0310. The summed E-state index contributed by atoms with van der Waals surface area (Å²) in [4.78, 5) is 26.7. The molecular weight excluding hydrogens is 188 g/mol. The molecule has 0 aliphatic heterocycles. The minimum Gasteiger partial charge on any atom is -0.333 e. The molecule has 1 aromatic carbocycles. The number of primary amides is 1. The zero-order chi connectivity index (χ0) is 10.1. The average molecular weight is 194 g/mol. The van der Waals surface area contributed by atoms with E-state index in [-0.39, 0.29) is 0 Å². The normalized spacial score (nSPS) is 10.3. The van der Waals surface area contributed by atoms with Crippen molar-refractivity contribution in [3.8, 4) is 0 Å². The Bertz CT molecular complexity index is 540. The second-order valence-corrected chi connectivity index (χ2v) is 2.56. The van der Waals surface area contributed by atoms with Gasteiger partial charge in [0.1, 0.15) is 5.52 Å². The maximum atomic E-state index is 11.2. The van der Waals surface area contributed by atoms with Gasteiger partial charge < -0.3 is 10.3 Å². The second-order valence-electron chi connectivity index (χ2n) is 2.56. The number of amides is 1. The number of fused-ring (bicyclic) bond motifs is 1. The molecule has 0 atom stereocenters. The van der Waals surface area contributed by atoms with E-state index in [9.17, 15) is 9.59 Å². The molecule has 72 valence electrons. The summed E-state index contributed by atoms with van der Waals surface area (Å²) >= 11 is 0. The van der Waals surface area contributed by atoms with Gasteiger partial charge >= 0.3 is 11.7 Å². The molecule has 0 saturated carbocycles. The molecule has 6 nitrogen and oxygen atoms in total. The van der Waals surface area contributed by atoms with Gasteiger partial charge in [0.25, 0.3) is 0 Å². The van der Waals surface area contributed by atoms with Crippen LogP contribution in [0.15, 0.2) is 33.6 Å². The summed E-state index contributed by atoms with van der Waals surface area (Å²) in [5.41, 5.74) is 4.56. The molecule has 2 aromatic rings. The minimum absolute atomic E-state index is 0.328. The molecule has 1 amide bonds. The number of para-hydroxylation sites is 1. The summed E-state index contributed by atoms with van der Waals surface area (Å²) in [6.07, 6.45) is -1.05. The van der Waals surface area contributed by atoms with E-state index < -0.39 is 11.7 Å². The highest BCUT2D eigenvalue weighted by molar-refractivity contribution is 5.77. The van der Waals surface area contributed by atoms with Crippen molar-refractivity contribution in [3.63, 3.8) is 0 Å². The van der Waals surface area contributed by atoms with Crippen LogP contribution in [-0.2, 0) is 0 Å². The minimum atomic E-state index is -1.05. The number of hydrogen-bond acceptors (Lipinski definition) is 4. The smallest absolute Gasteiger partial charge is 0.333 e. The molecule has 14 heavy (non-hydrogen) atoms. The van der Waals surface area contributed by atoms with Crippen LogP contribution in [0.4, 0.5) is 4.79 Å². The number of carbonyl (C=O) groups is 1. The van der Waals surface area contributed by atoms with Crippen molar-refractivity contribution in [2.24, 2.45) is 5.73 Å². The molecule has 0 fully saturated rings. The van der Waals surface area contributed by atoms with E-state index in [0.717, 1.165) is 0 Å². The Morgan fingerprint density at radius 1 is 1.43 bits per heavy atom. The summed E-state index contributed by atoms with van der Waals surface area (Å²) in [7, 11) is 0. The second kappa shape index (κ2) is 2.91. The van der Waals surface area contributed by atoms with E-state index in [1.165, 1.54) is 0 Å². The number of rotatable bonds is 1. The van der Waals surface area contributed by atoms with E-state index in [1.54, 1.807) is 24.3 Å².